The number of aromatic nitrogens is 1. The van der Waals surface area contributed by atoms with Gasteiger partial charge in [-0.05, 0) is 45.8 Å². The largest absolute Gasteiger partial charge is 0.444 e. The molecule has 0 atom stereocenters. The van der Waals surface area contributed by atoms with Gasteiger partial charge in [-0.25, -0.2) is 9.78 Å². The summed E-state index contributed by atoms with van der Waals surface area (Å²) in [5.41, 5.74) is 0.894. The van der Waals surface area contributed by atoms with Gasteiger partial charge in [0.15, 0.2) is 0 Å². The number of ether oxygens (including phenoxy) is 1. The van der Waals surface area contributed by atoms with E-state index in [4.69, 9.17) is 9.72 Å². The van der Waals surface area contributed by atoms with Crippen molar-refractivity contribution in [2.24, 2.45) is 0 Å². The van der Waals surface area contributed by atoms with E-state index in [1.807, 2.05) is 48.8 Å². The Morgan fingerprint density at radius 2 is 2.05 bits per heavy atom. The molecule has 1 aromatic heterocycles. The minimum absolute atomic E-state index is 0.180. The van der Waals surface area contributed by atoms with Crippen LogP contribution in [0, 0.1) is 0 Å². The SMILES string of the molecule is CC(C)(C)OC(=O)N1CCC(c2nc3c(s2)CCSC3)CC1. The Labute approximate surface area is 140 Å². The van der Waals surface area contributed by atoms with Crippen molar-refractivity contribution in [3.63, 3.8) is 0 Å². The van der Waals surface area contributed by atoms with E-state index in [0.29, 0.717) is 5.92 Å². The van der Waals surface area contributed by atoms with Crippen molar-refractivity contribution in [3.8, 4) is 0 Å². The Bertz CT molecular complexity index is 519. The highest BCUT2D eigenvalue weighted by molar-refractivity contribution is 7.98. The smallest absolute Gasteiger partial charge is 0.410 e. The standard InChI is InChI=1S/C16H24N2O2S2/c1-16(2,3)20-15(19)18-7-4-11(5-8-18)14-17-12-10-21-9-6-13(12)22-14/h11H,4-10H2,1-3H3. The number of nitrogens with zero attached hydrogens (tertiary/aromatic N) is 2. The Balaban J connectivity index is 1.57. The first-order chi connectivity index (χ1) is 10.4. The second-order valence-corrected chi connectivity index (χ2v) is 9.19. The number of thioether (sulfide) groups is 1. The van der Waals surface area contributed by atoms with Crippen molar-refractivity contribution < 1.29 is 9.53 Å². The molecule has 0 N–H and O–H groups in total. The highest BCUT2D eigenvalue weighted by Gasteiger charge is 2.29. The molecule has 0 aliphatic carbocycles. The van der Waals surface area contributed by atoms with E-state index in [9.17, 15) is 4.79 Å². The number of hydrogen-bond donors (Lipinski definition) is 0. The summed E-state index contributed by atoms with van der Waals surface area (Å²) in [7, 11) is 0. The number of piperidine rings is 1. The average molecular weight is 341 g/mol. The molecule has 0 radical (unpaired) electrons. The molecule has 3 rings (SSSR count). The number of carbonyl (C=O) groups is 1. The Morgan fingerprint density at radius 1 is 1.32 bits per heavy atom. The lowest BCUT2D eigenvalue weighted by molar-refractivity contribution is 0.0205. The minimum atomic E-state index is -0.417. The van der Waals surface area contributed by atoms with Gasteiger partial charge < -0.3 is 9.64 Å². The predicted octanol–water partition coefficient (Wildman–Crippen LogP) is 4.05. The Kier molecular flexibility index (Phi) is 4.69. The number of thiazole rings is 1. The van der Waals surface area contributed by atoms with Crippen LogP contribution in [-0.2, 0) is 16.9 Å². The molecule has 0 saturated carbocycles. The molecule has 122 valence electrons. The lowest BCUT2D eigenvalue weighted by Gasteiger charge is -2.32. The lowest BCUT2D eigenvalue weighted by Crippen LogP contribution is -2.41. The zero-order valence-electron chi connectivity index (χ0n) is 13.6. The lowest BCUT2D eigenvalue weighted by atomic mass is 9.98. The minimum Gasteiger partial charge on any atom is -0.444 e. The van der Waals surface area contributed by atoms with Crippen molar-refractivity contribution in [1.29, 1.82) is 0 Å². The third-order valence-electron chi connectivity index (χ3n) is 4.00. The van der Waals surface area contributed by atoms with Gasteiger partial charge in [0, 0.05) is 29.6 Å². The van der Waals surface area contributed by atoms with Crippen LogP contribution < -0.4 is 0 Å². The van der Waals surface area contributed by atoms with E-state index in [1.54, 1.807) is 0 Å². The molecule has 0 spiro atoms. The molecular weight excluding hydrogens is 316 g/mol. The van der Waals surface area contributed by atoms with Crippen molar-refractivity contribution >= 4 is 29.2 Å². The molecule has 1 amide bonds. The zero-order chi connectivity index (χ0) is 15.7. The maximum absolute atomic E-state index is 12.1. The molecule has 0 aromatic carbocycles. The van der Waals surface area contributed by atoms with Gasteiger partial charge in [0.1, 0.15) is 5.60 Å². The summed E-state index contributed by atoms with van der Waals surface area (Å²) in [6.07, 6.45) is 2.99. The van der Waals surface area contributed by atoms with Gasteiger partial charge >= 0.3 is 6.09 Å². The third-order valence-corrected chi connectivity index (χ3v) is 6.29. The van der Waals surface area contributed by atoms with Crippen LogP contribution in [0.4, 0.5) is 4.79 Å². The molecule has 1 aromatic rings. The summed E-state index contributed by atoms with van der Waals surface area (Å²) in [4.78, 5) is 20.3. The van der Waals surface area contributed by atoms with E-state index >= 15 is 0 Å². The first kappa shape index (κ1) is 16.1. The van der Waals surface area contributed by atoms with Crippen molar-refractivity contribution in [1.82, 2.24) is 9.88 Å². The van der Waals surface area contributed by atoms with Crippen LogP contribution in [0.5, 0.6) is 0 Å². The molecule has 3 heterocycles. The van der Waals surface area contributed by atoms with Crippen LogP contribution in [0.15, 0.2) is 0 Å². The Morgan fingerprint density at radius 3 is 2.68 bits per heavy atom. The number of hydrogen-bond acceptors (Lipinski definition) is 5. The van der Waals surface area contributed by atoms with Gasteiger partial charge in [0.2, 0.25) is 0 Å². The summed E-state index contributed by atoms with van der Waals surface area (Å²) >= 11 is 3.88. The number of fused-ring (bicyclic) bond motifs is 1. The molecule has 4 nitrogen and oxygen atoms in total. The van der Waals surface area contributed by atoms with Gasteiger partial charge in [-0.15, -0.1) is 11.3 Å². The fraction of sp³-hybridized carbons (Fsp3) is 0.750. The van der Waals surface area contributed by atoms with Crippen LogP contribution in [0.1, 0.15) is 55.1 Å². The fourth-order valence-corrected chi connectivity index (χ4v) is 5.25. The number of carbonyl (C=O) groups excluding carboxylic acids is 1. The van der Waals surface area contributed by atoms with Crippen LogP contribution in [0.25, 0.3) is 0 Å². The van der Waals surface area contributed by atoms with Crippen LogP contribution in [0.2, 0.25) is 0 Å². The summed E-state index contributed by atoms with van der Waals surface area (Å²) < 4.78 is 5.46. The Hall–Kier alpha value is -0.750. The molecule has 6 heteroatoms. The summed E-state index contributed by atoms with van der Waals surface area (Å²) in [6.45, 7) is 7.29. The first-order valence-corrected chi connectivity index (χ1v) is 9.93. The van der Waals surface area contributed by atoms with E-state index in [1.165, 1.54) is 27.8 Å². The van der Waals surface area contributed by atoms with Gasteiger partial charge in [0.05, 0.1) is 10.7 Å². The molecular formula is C16H24N2O2S2. The van der Waals surface area contributed by atoms with Crippen LogP contribution in [-0.4, -0.2) is 40.4 Å². The van der Waals surface area contributed by atoms with Gasteiger partial charge in [0.25, 0.3) is 0 Å². The number of aryl methyl sites for hydroxylation is 1. The van der Waals surface area contributed by atoms with Crippen molar-refractivity contribution in [3.05, 3.63) is 15.6 Å². The fourth-order valence-electron chi connectivity index (χ4n) is 2.86. The highest BCUT2D eigenvalue weighted by atomic mass is 32.2. The quantitative estimate of drug-likeness (QED) is 0.773. The summed E-state index contributed by atoms with van der Waals surface area (Å²) in [5.74, 6) is 2.81. The number of rotatable bonds is 1. The molecule has 0 bridgehead atoms. The molecule has 0 unspecified atom stereocenters. The molecule has 2 aliphatic heterocycles. The summed E-state index contributed by atoms with van der Waals surface area (Å²) in [6, 6.07) is 0. The van der Waals surface area contributed by atoms with Crippen LogP contribution in [0.3, 0.4) is 0 Å². The molecule has 1 saturated heterocycles. The normalized spacial score (nSPS) is 19.9. The first-order valence-electron chi connectivity index (χ1n) is 7.96. The number of amides is 1. The number of likely N-dealkylation sites (tertiary alicyclic amines) is 1. The second-order valence-electron chi connectivity index (χ2n) is 6.97. The highest BCUT2D eigenvalue weighted by Crippen LogP contribution is 2.36. The van der Waals surface area contributed by atoms with Gasteiger partial charge in [-0.3, -0.25) is 0 Å². The monoisotopic (exact) mass is 340 g/mol. The van der Waals surface area contributed by atoms with E-state index < -0.39 is 5.60 Å². The van der Waals surface area contributed by atoms with Crippen LogP contribution >= 0.6 is 23.1 Å². The van der Waals surface area contributed by atoms with E-state index in [0.717, 1.165) is 31.7 Å². The van der Waals surface area contributed by atoms with Gasteiger partial charge in [-0.2, -0.15) is 11.8 Å². The maximum Gasteiger partial charge on any atom is 0.410 e. The molecule has 1 fully saturated rings. The topological polar surface area (TPSA) is 42.4 Å². The van der Waals surface area contributed by atoms with E-state index in [-0.39, 0.29) is 6.09 Å². The van der Waals surface area contributed by atoms with Crippen molar-refractivity contribution in [2.45, 2.75) is 57.3 Å². The zero-order valence-corrected chi connectivity index (χ0v) is 15.2. The average Bonchev–Trinajstić information content (AvgIpc) is 2.89. The van der Waals surface area contributed by atoms with E-state index in [2.05, 4.69) is 0 Å². The predicted molar refractivity (Wildman–Crippen MR) is 91.8 cm³/mol. The molecule has 22 heavy (non-hydrogen) atoms. The molecule has 2 aliphatic rings. The summed E-state index contributed by atoms with van der Waals surface area (Å²) in [5, 5.41) is 1.29. The van der Waals surface area contributed by atoms with Gasteiger partial charge in [-0.1, -0.05) is 0 Å². The van der Waals surface area contributed by atoms with Crippen molar-refractivity contribution in [2.75, 3.05) is 18.8 Å². The second kappa shape index (κ2) is 6.40. The maximum atomic E-state index is 12.1. The third kappa shape index (κ3) is 3.77.